The van der Waals surface area contributed by atoms with Crippen LogP contribution >= 0.6 is 0 Å². The minimum Gasteiger partial charge on any atom is -0.494 e. The Hall–Kier alpha value is -1.71. The van der Waals surface area contributed by atoms with Gasteiger partial charge in [0.25, 0.3) is 0 Å². The molecule has 0 atom stereocenters. The number of anilines is 1. The van der Waals surface area contributed by atoms with E-state index < -0.39 is 5.97 Å². The largest absolute Gasteiger partial charge is 0.494 e. The molecule has 1 aromatic carbocycles. The number of carbonyl (C=O) groups is 1. The smallest absolute Gasteiger partial charge is 0.306 e. The summed E-state index contributed by atoms with van der Waals surface area (Å²) in [6.45, 7) is 4.67. The Labute approximate surface area is 120 Å². The van der Waals surface area contributed by atoms with Gasteiger partial charge in [0.2, 0.25) is 0 Å². The Kier molecular flexibility index (Phi) is 4.88. The third kappa shape index (κ3) is 3.65. The Balaban J connectivity index is 1.94. The van der Waals surface area contributed by atoms with Crippen molar-refractivity contribution in [3.05, 3.63) is 23.8 Å². The third-order valence-corrected chi connectivity index (χ3v) is 3.94. The van der Waals surface area contributed by atoms with Gasteiger partial charge in [0.05, 0.1) is 12.5 Å². The van der Waals surface area contributed by atoms with Crippen molar-refractivity contribution in [1.82, 2.24) is 0 Å². The number of carboxylic acid groups (broad SMARTS) is 1. The molecule has 4 nitrogen and oxygen atoms in total. The third-order valence-electron chi connectivity index (χ3n) is 3.94. The molecule has 1 aromatic rings. The molecule has 0 spiro atoms. The minimum atomic E-state index is -0.655. The predicted octanol–water partition coefficient (Wildman–Crippen LogP) is 3.45. The Bertz CT molecular complexity index is 465. The molecule has 110 valence electrons. The number of aliphatic carboxylic acids is 1. The van der Waals surface area contributed by atoms with Gasteiger partial charge in [0, 0.05) is 17.8 Å². The summed E-state index contributed by atoms with van der Waals surface area (Å²) in [5.41, 5.74) is 2.19. The van der Waals surface area contributed by atoms with Crippen molar-refractivity contribution < 1.29 is 14.6 Å². The average Bonchev–Trinajstić information content (AvgIpc) is 2.43. The van der Waals surface area contributed by atoms with Gasteiger partial charge in [0.1, 0.15) is 5.75 Å². The summed E-state index contributed by atoms with van der Waals surface area (Å²) < 4.78 is 5.60. The molecule has 2 rings (SSSR count). The zero-order chi connectivity index (χ0) is 14.5. The normalized spacial score (nSPS) is 22.3. The fourth-order valence-corrected chi connectivity index (χ4v) is 2.72. The van der Waals surface area contributed by atoms with Gasteiger partial charge in [-0.3, -0.25) is 4.79 Å². The first-order valence-corrected chi connectivity index (χ1v) is 7.33. The number of hydrogen-bond acceptors (Lipinski definition) is 3. The number of nitrogens with one attached hydrogen (secondary N) is 1. The van der Waals surface area contributed by atoms with Crippen LogP contribution in [0.3, 0.4) is 0 Å². The Morgan fingerprint density at radius 2 is 2.05 bits per heavy atom. The number of rotatable bonds is 5. The van der Waals surface area contributed by atoms with Crippen molar-refractivity contribution in [2.45, 2.75) is 45.6 Å². The van der Waals surface area contributed by atoms with Crippen LogP contribution < -0.4 is 10.1 Å². The van der Waals surface area contributed by atoms with Crippen molar-refractivity contribution in [2.24, 2.45) is 5.92 Å². The summed E-state index contributed by atoms with van der Waals surface area (Å²) >= 11 is 0. The zero-order valence-electron chi connectivity index (χ0n) is 12.2. The molecule has 0 radical (unpaired) electrons. The minimum absolute atomic E-state index is 0.162. The van der Waals surface area contributed by atoms with Crippen molar-refractivity contribution in [2.75, 3.05) is 11.9 Å². The van der Waals surface area contributed by atoms with E-state index in [2.05, 4.69) is 17.4 Å². The monoisotopic (exact) mass is 277 g/mol. The number of benzene rings is 1. The van der Waals surface area contributed by atoms with E-state index in [1.54, 1.807) is 0 Å². The second-order valence-corrected chi connectivity index (χ2v) is 5.44. The van der Waals surface area contributed by atoms with Crippen molar-refractivity contribution in [1.29, 1.82) is 0 Å². The van der Waals surface area contributed by atoms with Crippen molar-refractivity contribution in [3.8, 4) is 5.75 Å². The van der Waals surface area contributed by atoms with Crippen LogP contribution in [0.25, 0.3) is 0 Å². The van der Waals surface area contributed by atoms with Crippen LogP contribution in [0, 0.1) is 12.8 Å². The number of aryl methyl sites for hydroxylation is 1. The summed E-state index contributed by atoms with van der Waals surface area (Å²) in [5, 5.41) is 12.5. The van der Waals surface area contributed by atoms with E-state index in [0.29, 0.717) is 12.6 Å². The van der Waals surface area contributed by atoms with Crippen molar-refractivity contribution in [3.63, 3.8) is 0 Å². The summed E-state index contributed by atoms with van der Waals surface area (Å²) in [4.78, 5) is 10.9. The van der Waals surface area contributed by atoms with Crippen LogP contribution in [0.1, 0.15) is 38.2 Å². The first-order valence-electron chi connectivity index (χ1n) is 7.33. The number of carboxylic acids is 1. The van der Waals surface area contributed by atoms with E-state index in [1.807, 2.05) is 19.9 Å². The van der Waals surface area contributed by atoms with E-state index in [0.717, 1.165) is 42.7 Å². The van der Waals surface area contributed by atoms with Crippen LogP contribution in [-0.2, 0) is 4.79 Å². The van der Waals surface area contributed by atoms with E-state index in [1.165, 1.54) is 0 Å². The molecule has 0 heterocycles. The lowest BCUT2D eigenvalue weighted by molar-refractivity contribution is -0.142. The van der Waals surface area contributed by atoms with Gasteiger partial charge < -0.3 is 15.2 Å². The highest BCUT2D eigenvalue weighted by Crippen LogP contribution is 2.29. The topological polar surface area (TPSA) is 58.6 Å². The van der Waals surface area contributed by atoms with Gasteiger partial charge in [-0.15, -0.1) is 0 Å². The molecule has 4 heteroatoms. The van der Waals surface area contributed by atoms with Gasteiger partial charge in [-0.2, -0.15) is 0 Å². The maximum atomic E-state index is 10.9. The van der Waals surface area contributed by atoms with Crippen LogP contribution in [0.15, 0.2) is 18.2 Å². The van der Waals surface area contributed by atoms with E-state index in [9.17, 15) is 4.79 Å². The Morgan fingerprint density at radius 1 is 1.35 bits per heavy atom. The van der Waals surface area contributed by atoms with E-state index >= 15 is 0 Å². The average molecular weight is 277 g/mol. The highest BCUT2D eigenvalue weighted by Gasteiger charge is 2.25. The molecule has 1 saturated carbocycles. The number of hydrogen-bond donors (Lipinski definition) is 2. The van der Waals surface area contributed by atoms with Gasteiger partial charge >= 0.3 is 5.97 Å². The van der Waals surface area contributed by atoms with Gasteiger partial charge in [-0.1, -0.05) is 6.07 Å². The summed E-state index contributed by atoms with van der Waals surface area (Å²) in [6.07, 6.45) is 3.35. The van der Waals surface area contributed by atoms with E-state index in [-0.39, 0.29) is 5.92 Å². The standard InChI is InChI=1S/C16H23NO3/c1-3-20-15-10-14(7-4-11(15)2)17-13-8-5-12(6-9-13)16(18)19/h4,7,10,12-13,17H,3,5-6,8-9H2,1-2H3,(H,18,19). The molecule has 0 aliphatic heterocycles. The molecule has 2 N–H and O–H groups in total. The number of ether oxygens (including phenoxy) is 1. The van der Waals surface area contributed by atoms with Crippen LogP contribution in [0.2, 0.25) is 0 Å². The molecule has 1 aliphatic carbocycles. The molecule has 0 saturated heterocycles. The molecular weight excluding hydrogens is 254 g/mol. The summed E-state index contributed by atoms with van der Waals surface area (Å²) in [6, 6.07) is 6.50. The fourth-order valence-electron chi connectivity index (χ4n) is 2.72. The highest BCUT2D eigenvalue weighted by atomic mass is 16.5. The van der Waals surface area contributed by atoms with Crippen LogP contribution in [0.5, 0.6) is 5.75 Å². The molecule has 1 aliphatic rings. The zero-order valence-corrected chi connectivity index (χ0v) is 12.2. The fraction of sp³-hybridized carbons (Fsp3) is 0.562. The lowest BCUT2D eigenvalue weighted by Gasteiger charge is -2.27. The molecule has 20 heavy (non-hydrogen) atoms. The summed E-state index contributed by atoms with van der Waals surface area (Å²) in [5.74, 6) is 0.0965. The molecule has 0 bridgehead atoms. The summed E-state index contributed by atoms with van der Waals surface area (Å²) in [7, 11) is 0. The Morgan fingerprint density at radius 3 is 2.65 bits per heavy atom. The maximum Gasteiger partial charge on any atom is 0.306 e. The van der Waals surface area contributed by atoms with Gasteiger partial charge in [0.15, 0.2) is 0 Å². The first kappa shape index (κ1) is 14.7. The second-order valence-electron chi connectivity index (χ2n) is 5.44. The van der Waals surface area contributed by atoms with E-state index in [4.69, 9.17) is 9.84 Å². The molecule has 0 unspecified atom stereocenters. The lowest BCUT2D eigenvalue weighted by Crippen LogP contribution is -2.29. The SMILES string of the molecule is CCOc1cc(NC2CCC(C(=O)O)CC2)ccc1C. The predicted molar refractivity (Wildman–Crippen MR) is 79.4 cm³/mol. The van der Waals surface area contributed by atoms with Crippen molar-refractivity contribution >= 4 is 11.7 Å². The van der Waals surface area contributed by atoms with Crippen LogP contribution in [-0.4, -0.2) is 23.7 Å². The second kappa shape index (κ2) is 6.64. The molecular formula is C16H23NO3. The van der Waals surface area contributed by atoms with Gasteiger partial charge in [-0.05, 0) is 51.2 Å². The van der Waals surface area contributed by atoms with Gasteiger partial charge in [-0.25, -0.2) is 0 Å². The maximum absolute atomic E-state index is 10.9. The first-order chi connectivity index (χ1) is 9.60. The van der Waals surface area contributed by atoms with Crippen LogP contribution in [0.4, 0.5) is 5.69 Å². The highest BCUT2D eigenvalue weighted by molar-refractivity contribution is 5.70. The molecule has 1 fully saturated rings. The quantitative estimate of drug-likeness (QED) is 0.865. The lowest BCUT2D eigenvalue weighted by atomic mass is 9.86. The molecule has 0 amide bonds. The molecule has 0 aromatic heterocycles.